The van der Waals surface area contributed by atoms with Crippen LogP contribution >= 0.6 is 46.8 Å². The summed E-state index contributed by atoms with van der Waals surface area (Å²) >= 11 is 19.7. The van der Waals surface area contributed by atoms with Gasteiger partial charge in [0.15, 0.2) is 0 Å². The smallest absolute Gasteiger partial charge is 0.261 e. The minimum Gasteiger partial charge on any atom is -0.487 e. The topological polar surface area (TPSA) is 44.8 Å². The minimum atomic E-state index is -0.151. The number of rotatable bonds is 10. The molecule has 48 heavy (non-hydrogen) atoms. The van der Waals surface area contributed by atoms with Gasteiger partial charge in [0.2, 0.25) is 0 Å². The Labute approximate surface area is 303 Å². The van der Waals surface area contributed by atoms with Crippen LogP contribution in [0.3, 0.4) is 0 Å². The summed E-state index contributed by atoms with van der Waals surface area (Å²) in [5, 5.41) is 1.85. The van der Waals surface area contributed by atoms with Gasteiger partial charge < -0.3 is 9.64 Å². The van der Waals surface area contributed by atoms with Gasteiger partial charge in [-0.15, -0.1) is 0 Å². The van der Waals surface area contributed by atoms with E-state index in [2.05, 4.69) is 64.8 Å². The van der Waals surface area contributed by atoms with E-state index in [0.717, 1.165) is 61.0 Å². The third-order valence-corrected chi connectivity index (χ3v) is 10.7. The zero-order chi connectivity index (χ0) is 33.7. The standard InChI is InChI=1S/C39H40Cl3N3O2S/c1-39(2)18-17-30(35(24-39)28-7-9-31(40)10-8-28)25-44-19-21-45(22-20-44)33-12-14-34(15-13-33)48-43-38(46)29-5-3-27(4-6-29)26-47-37-23-32(41)11-16-36(37)42/h3-16,23H,17-22,24-26H2,1-2H3,(H,43,46). The normalized spacial score (nSPS) is 16.6. The summed E-state index contributed by atoms with van der Waals surface area (Å²) in [5.74, 6) is 0.373. The van der Waals surface area contributed by atoms with E-state index in [1.807, 2.05) is 24.3 Å². The van der Waals surface area contributed by atoms with Crippen LogP contribution in [0.4, 0.5) is 5.69 Å². The average Bonchev–Trinajstić information content (AvgIpc) is 3.09. The molecule has 4 aromatic rings. The molecule has 0 aromatic heterocycles. The number of hydrogen-bond donors (Lipinski definition) is 1. The van der Waals surface area contributed by atoms with Crippen LogP contribution in [0.5, 0.6) is 5.75 Å². The summed E-state index contributed by atoms with van der Waals surface area (Å²) in [7, 11) is 0. The van der Waals surface area contributed by atoms with E-state index in [-0.39, 0.29) is 5.91 Å². The number of allylic oxidation sites excluding steroid dienone is 1. The summed E-state index contributed by atoms with van der Waals surface area (Å²) in [4.78, 5) is 18.8. The van der Waals surface area contributed by atoms with Crippen LogP contribution in [0, 0.1) is 5.41 Å². The molecule has 1 aliphatic heterocycles. The Hall–Kier alpha value is -3.13. The Morgan fingerprint density at radius 1 is 0.854 bits per heavy atom. The number of halogens is 3. The van der Waals surface area contributed by atoms with Crippen molar-refractivity contribution in [2.45, 2.75) is 44.6 Å². The summed E-state index contributed by atoms with van der Waals surface area (Å²) < 4.78 is 8.75. The van der Waals surface area contributed by atoms with E-state index in [4.69, 9.17) is 39.5 Å². The second-order valence-corrected chi connectivity index (χ2v) is 15.4. The maximum absolute atomic E-state index is 12.8. The fourth-order valence-electron chi connectivity index (χ4n) is 6.29. The molecule has 5 nitrogen and oxygen atoms in total. The largest absolute Gasteiger partial charge is 0.487 e. The number of amides is 1. The van der Waals surface area contributed by atoms with E-state index >= 15 is 0 Å². The van der Waals surface area contributed by atoms with Crippen molar-refractivity contribution in [1.29, 1.82) is 0 Å². The summed E-state index contributed by atoms with van der Waals surface area (Å²) in [5.41, 5.74) is 7.43. The van der Waals surface area contributed by atoms with Gasteiger partial charge in [-0.05, 0) is 114 Å². The van der Waals surface area contributed by atoms with E-state index in [9.17, 15) is 4.79 Å². The van der Waals surface area contributed by atoms with Crippen molar-refractivity contribution >= 4 is 63.9 Å². The molecule has 0 spiro atoms. The lowest BCUT2D eigenvalue weighted by molar-refractivity contribution is 0.0984. The highest BCUT2D eigenvalue weighted by atomic mass is 35.5. The van der Waals surface area contributed by atoms with Gasteiger partial charge in [-0.1, -0.05) is 78.5 Å². The molecule has 0 saturated carbocycles. The van der Waals surface area contributed by atoms with Gasteiger partial charge in [-0.2, -0.15) is 0 Å². The zero-order valence-electron chi connectivity index (χ0n) is 27.3. The van der Waals surface area contributed by atoms with Crippen LogP contribution in [-0.2, 0) is 6.61 Å². The highest BCUT2D eigenvalue weighted by molar-refractivity contribution is 7.98. The third-order valence-electron chi connectivity index (χ3n) is 9.13. The number of carbonyl (C=O) groups is 1. The Morgan fingerprint density at radius 2 is 1.54 bits per heavy atom. The molecule has 6 rings (SSSR count). The first-order valence-corrected chi connectivity index (χ1v) is 18.3. The predicted octanol–water partition coefficient (Wildman–Crippen LogP) is 10.4. The second-order valence-electron chi connectivity index (χ2n) is 13.3. The first-order chi connectivity index (χ1) is 23.1. The number of anilines is 1. The maximum atomic E-state index is 12.8. The van der Waals surface area contributed by atoms with Crippen LogP contribution in [0.25, 0.3) is 5.57 Å². The van der Waals surface area contributed by atoms with E-state index < -0.39 is 0 Å². The number of benzene rings is 4. The molecular formula is C39H40Cl3N3O2S. The first kappa shape index (κ1) is 34.7. The molecule has 1 heterocycles. The highest BCUT2D eigenvalue weighted by Crippen LogP contribution is 2.43. The zero-order valence-corrected chi connectivity index (χ0v) is 30.4. The predicted molar refractivity (Wildman–Crippen MR) is 202 cm³/mol. The maximum Gasteiger partial charge on any atom is 0.261 e. The lowest BCUT2D eigenvalue weighted by Gasteiger charge is -2.39. The van der Waals surface area contributed by atoms with Gasteiger partial charge in [-0.25, -0.2) is 0 Å². The summed E-state index contributed by atoms with van der Waals surface area (Å²) in [6.07, 6.45) is 3.49. The first-order valence-electron chi connectivity index (χ1n) is 16.3. The van der Waals surface area contributed by atoms with Crippen molar-refractivity contribution in [1.82, 2.24) is 9.62 Å². The quantitative estimate of drug-likeness (QED) is 0.165. The average molecular weight is 721 g/mol. The van der Waals surface area contributed by atoms with E-state index in [0.29, 0.717) is 33.4 Å². The van der Waals surface area contributed by atoms with Crippen molar-refractivity contribution in [3.63, 3.8) is 0 Å². The third kappa shape index (κ3) is 9.10. The lowest BCUT2D eigenvalue weighted by Crippen LogP contribution is -2.47. The molecule has 0 atom stereocenters. The fraction of sp³-hybridized carbons (Fsp3) is 0.308. The second kappa shape index (κ2) is 15.6. The van der Waals surface area contributed by atoms with Crippen LogP contribution in [0.15, 0.2) is 101 Å². The van der Waals surface area contributed by atoms with Crippen LogP contribution in [-0.4, -0.2) is 43.5 Å². The van der Waals surface area contributed by atoms with Crippen molar-refractivity contribution in [2.24, 2.45) is 5.41 Å². The Balaban J connectivity index is 0.973. The monoisotopic (exact) mass is 719 g/mol. The Morgan fingerprint density at radius 3 is 2.25 bits per heavy atom. The van der Waals surface area contributed by atoms with E-state index in [1.54, 1.807) is 35.9 Å². The van der Waals surface area contributed by atoms with Crippen LogP contribution in [0.1, 0.15) is 54.6 Å². The molecule has 2 aliphatic rings. The minimum absolute atomic E-state index is 0.151. The van der Waals surface area contributed by atoms with Gasteiger partial charge in [-0.3, -0.25) is 14.4 Å². The molecule has 250 valence electrons. The molecule has 1 aliphatic carbocycles. The highest BCUT2D eigenvalue weighted by Gasteiger charge is 2.29. The van der Waals surface area contributed by atoms with Crippen molar-refractivity contribution in [3.8, 4) is 5.75 Å². The van der Waals surface area contributed by atoms with Crippen molar-refractivity contribution < 1.29 is 9.53 Å². The van der Waals surface area contributed by atoms with Gasteiger partial charge in [0.05, 0.1) is 5.02 Å². The van der Waals surface area contributed by atoms with Crippen LogP contribution < -0.4 is 14.4 Å². The molecule has 1 N–H and O–H groups in total. The lowest BCUT2D eigenvalue weighted by atomic mass is 9.72. The molecule has 4 aromatic carbocycles. The van der Waals surface area contributed by atoms with Gasteiger partial charge >= 0.3 is 0 Å². The molecule has 0 radical (unpaired) electrons. The SMILES string of the molecule is CC1(C)CCC(CN2CCN(c3ccc(SNC(=O)c4ccc(COc5cc(Cl)ccc5Cl)cc4)cc3)CC2)=C(c2ccc(Cl)cc2)C1. The number of hydrogen-bond acceptors (Lipinski definition) is 5. The Bertz CT molecular complexity index is 1750. The van der Waals surface area contributed by atoms with Gasteiger partial charge in [0.25, 0.3) is 5.91 Å². The molecule has 9 heteroatoms. The number of nitrogens with one attached hydrogen (secondary N) is 1. The van der Waals surface area contributed by atoms with Gasteiger partial charge in [0, 0.05) is 65.0 Å². The fourth-order valence-corrected chi connectivity index (χ4v) is 7.35. The number of piperazine rings is 1. The summed E-state index contributed by atoms with van der Waals surface area (Å²) in [6.45, 7) is 10.2. The van der Waals surface area contributed by atoms with Crippen LogP contribution in [0.2, 0.25) is 15.1 Å². The molecule has 0 bridgehead atoms. The van der Waals surface area contributed by atoms with Gasteiger partial charge in [0.1, 0.15) is 12.4 Å². The number of ether oxygens (including phenoxy) is 1. The molecule has 1 amide bonds. The Kier molecular flexibility index (Phi) is 11.3. The molecule has 0 unspecified atom stereocenters. The molecular weight excluding hydrogens is 681 g/mol. The van der Waals surface area contributed by atoms with E-state index in [1.165, 1.54) is 35.2 Å². The molecule has 1 fully saturated rings. The van der Waals surface area contributed by atoms with Crippen molar-refractivity contribution in [3.05, 3.63) is 128 Å². The number of nitrogens with zero attached hydrogens (tertiary/aromatic N) is 2. The number of carbonyl (C=O) groups excluding carboxylic acids is 1. The van der Waals surface area contributed by atoms with Crippen molar-refractivity contribution in [2.75, 3.05) is 37.6 Å². The summed E-state index contributed by atoms with van der Waals surface area (Å²) in [6, 6.07) is 29.3. The molecule has 1 saturated heterocycles.